The second kappa shape index (κ2) is 8.11. The molecule has 1 fully saturated rings. The molecule has 3 aromatic carbocycles. The zero-order chi connectivity index (χ0) is 22.4. The quantitative estimate of drug-likeness (QED) is 0.426. The second-order valence-electron chi connectivity index (χ2n) is 9.23. The van der Waals surface area contributed by atoms with Crippen LogP contribution >= 0.6 is 11.6 Å². The predicted molar refractivity (Wildman–Crippen MR) is 131 cm³/mol. The van der Waals surface area contributed by atoms with Gasteiger partial charge in [-0.1, -0.05) is 66.2 Å². The van der Waals surface area contributed by atoms with E-state index in [0.29, 0.717) is 5.92 Å². The van der Waals surface area contributed by atoms with Crippen LogP contribution in [0.4, 0.5) is 0 Å². The zero-order valence-corrected chi connectivity index (χ0v) is 19.5. The summed E-state index contributed by atoms with van der Waals surface area (Å²) in [5.74, 6) is 2.24. The lowest BCUT2D eigenvalue weighted by Crippen LogP contribution is -2.55. The maximum Gasteiger partial charge on any atom is 0.198 e. The molecule has 1 saturated carbocycles. The van der Waals surface area contributed by atoms with Gasteiger partial charge in [-0.3, -0.25) is 0 Å². The molecule has 1 aliphatic carbocycles. The lowest BCUT2D eigenvalue weighted by atomic mass is 9.78. The van der Waals surface area contributed by atoms with Gasteiger partial charge < -0.3 is 9.47 Å². The van der Waals surface area contributed by atoms with Crippen molar-refractivity contribution >= 4 is 17.3 Å². The minimum Gasteiger partial charge on any atom is -0.493 e. The van der Waals surface area contributed by atoms with Crippen LogP contribution in [0.25, 0.3) is 0 Å². The first-order valence-electron chi connectivity index (χ1n) is 11.7. The van der Waals surface area contributed by atoms with Crippen molar-refractivity contribution in [2.24, 2.45) is 5.10 Å². The van der Waals surface area contributed by atoms with Crippen LogP contribution in [-0.2, 0) is 0 Å². The summed E-state index contributed by atoms with van der Waals surface area (Å²) in [6, 6.07) is 25.2. The predicted octanol–water partition coefficient (Wildman–Crippen LogP) is 6.95. The van der Waals surface area contributed by atoms with Crippen LogP contribution < -0.4 is 9.47 Å². The number of nitrogens with zero attached hydrogens (tertiary/aromatic N) is 2. The number of benzene rings is 3. The van der Waals surface area contributed by atoms with E-state index in [9.17, 15) is 0 Å². The molecule has 2 aliphatic heterocycles. The number of hydrogen-bond donors (Lipinski definition) is 0. The maximum absolute atomic E-state index is 6.86. The largest absolute Gasteiger partial charge is 0.493 e. The highest BCUT2D eigenvalue weighted by Gasteiger charge is 2.52. The number of methoxy groups -OCH3 is 1. The highest BCUT2D eigenvalue weighted by atomic mass is 35.5. The van der Waals surface area contributed by atoms with E-state index < -0.39 is 5.72 Å². The summed E-state index contributed by atoms with van der Waals surface area (Å²) in [5.41, 5.74) is 4.32. The van der Waals surface area contributed by atoms with Crippen molar-refractivity contribution in [3.05, 3.63) is 94.5 Å². The highest BCUT2D eigenvalue weighted by Crippen LogP contribution is 2.55. The average Bonchev–Trinajstić information content (AvgIpc) is 3.32. The van der Waals surface area contributed by atoms with E-state index in [4.69, 9.17) is 26.2 Å². The normalized spacial score (nSPS) is 25.8. The SMILES string of the molecule is COc1cccc2c1OC1(CCC(c3ccccc3)CC1)N1N=C(c3ccc(Cl)cc3)C[C@@H]21. The fourth-order valence-corrected chi connectivity index (χ4v) is 5.83. The lowest BCUT2D eigenvalue weighted by Gasteiger charge is -2.50. The van der Waals surface area contributed by atoms with Gasteiger partial charge in [0.15, 0.2) is 17.2 Å². The Kier molecular flexibility index (Phi) is 5.06. The number of ether oxygens (including phenoxy) is 2. The van der Waals surface area contributed by atoms with Gasteiger partial charge in [0.05, 0.1) is 18.9 Å². The van der Waals surface area contributed by atoms with Crippen molar-refractivity contribution in [1.29, 1.82) is 0 Å². The third-order valence-electron chi connectivity index (χ3n) is 7.42. The molecule has 0 radical (unpaired) electrons. The molecule has 0 saturated heterocycles. The van der Waals surface area contributed by atoms with Crippen molar-refractivity contribution in [2.75, 3.05) is 7.11 Å². The van der Waals surface area contributed by atoms with E-state index in [-0.39, 0.29) is 6.04 Å². The van der Waals surface area contributed by atoms with Crippen LogP contribution in [0.1, 0.15) is 60.8 Å². The summed E-state index contributed by atoms with van der Waals surface area (Å²) < 4.78 is 12.6. The fraction of sp³-hybridized carbons (Fsp3) is 0.321. The summed E-state index contributed by atoms with van der Waals surface area (Å²) in [4.78, 5) is 0. The molecule has 0 unspecified atom stereocenters. The minimum absolute atomic E-state index is 0.141. The smallest absolute Gasteiger partial charge is 0.198 e. The molecule has 6 rings (SSSR count). The number of halogens is 1. The number of rotatable bonds is 3. The van der Waals surface area contributed by atoms with E-state index in [1.165, 1.54) is 5.56 Å². The standard InChI is InChI=1S/C28H27ClN2O2/c1-32-26-9-5-8-23-25-18-24(21-10-12-22(29)13-11-21)30-31(25)28(33-27(23)26)16-14-20(15-17-28)19-6-3-2-4-7-19/h2-13,20,25H,14-18H2,1H3/t20?,25-,28?/m0/s1. The molecule has 1 atom stereocenters. The highest BCUT2D eigenvalue weighted by molar-refractivity contribution is 6.30. The summed E-state index contributed by atoms with van der Waals surface area (Å²) in [7, 11) is 1.72. The summed E-state index contributed by atoms with van der Waals surface area (Å²) in [6.07, 6.45) is 4.85. The molecular formula is C28H27ClN2O2. The monoisotopic (exact) mass is 458 g/mol. The van der Waals surface area contributed by atoms with E-state index in [1.54, 1.807) is 7.11 Å². The van der Waals surface area contributed by atoms with Crippen LogP contribution in [0, 0.1) is 0 Å². The number of fused-ring (bicyclic) bond motifs is 4. The van der Waals surface area contributed by atoms with Gasteiger partial charge in [0.25, 0.3) is 0 Å². The molecule has 2 heterocycles. The van der Waals surface area contributed by atoms with E-state index >= 15 is 0 Å². The van der Waals surface area contributed by atoms with Crippen molar-refractivity contribution in [2.45, 2.75) is 49.8 Å². The van der Waals surface area contributed by atoms with E-state index in [2.05, 4.69) is 53.5 Å². The molecule has 0 amide bonds. The molecule has 0 aromatic heterocycles. The van der Waals surface area contributed by atoms with Crippen LogP contribution in [0.2, 0.25) is 5.02 Å². The number of hydrogen-bond acceptors (Lipinski definition) is 4. The van der Waals surface area contributed by atoms with Gasteiger partial charge in [-0.25, -0.2) is 5.01 Å². The molecule has 0 N–H and O–H groups in total. The first kappa shape index (κ1) is 20.6. The van der Waals surface area contributed by atoms with E-state index in [0.717, 1.165) is 65.5 Å². The maximum atomic E-state index is 6.86. The Morgan fingerprint density at radius 1 is 0.970 bits per heavy atom. The third-order valence-corrected chi connectivity index (χ3v) is 7.68. The van der Waals surface area contributed by atoms with Crippen molar-refractivity contribution in [3.8, 4) is 11.5 Å². The lowest BCUT2D eigenvalue weighted by molar-refractivity contribution is -0.143. The summed E-state index contributed by atoms with van der Waals surface area (Å²) in [5, 5.41) is 8.18. The van der Waals surface area contributed by atoms with Crippen LogP contribution in [-0.4, -0.2) is 23.6 Å². The van der Waals surface area contributed by atoms with Crippen molar-refractivity contribution in [1.82, 2.24) is 5.01 Å². The van der Waals surface area contributed by atoms with Gasteiger partial charge in [0.1, 0.15) is 0 Å². The first-order chi connectivity index (χ1) is 16.2. The van der Waals surface area contributed by atoms with Crippen LogP contribution in [0.3, 0.4) is 0 Å². The minimum atomic E-state index is -0.453. The van der Waals surface area contributed by atoms with Crippen molar-refractivity contribution < 1.29 is 9.47 Å². The van der Waals surface area contributed by atoms with Gasteiger partial charge in [-0.2, -0.15) is 5.10 Å². The van der Waals surface area contributed by atoms with Gasteiger partial charge in [0, 0.05) is 29.8 Å². The van der Waals surface area contributed by atoms with Crippen LogP contribution in [0.5, 0.6) is 11.5 Å². The molecule has 3 aromatic rings. The third kappa shape index (κ3) is 3.48. The van der Waals surface area contributed by atoms with Gasteiger partial charge in [0.2, 0.25) is 0 Å². The molecular weight excluding hydrogens is 432 g/mol. The number of hydrazone groups is 1. The Morgan fingerprint density at radius 2 is 1.73 bits per heavy atom. The van der Waals surface area contributed by atoms with Gasteiger partial charge in [-0.05, 0) is 48.1 Å². The zero-order valence-electron chi connectivity index (χ0n) is 18.7. The van der Waals surface area contributed by atoms with Gasteiger partial charge >= 0.3 is 0 Å². The Labute approximate surface area is 199 Å². The van der Waals surface area contributed by atoms with Gasteiger partial charge in [-0.15, -0.1) is 0 Å². The summed E-state index contributed by atoms with van der Waals surface area (Å²) in [6.45, 7) is 0. The second-order valence-corrected chi connectivity index (χ2v) is 9.67. The Morgan fingerprint density at radius 3 is 2.45 bits per heavy atom. The molecule has 1 spiro atoms. The average molecular weight is 459 g/mol. The molecule has 3 aliphatic rings. The molecule has 4 nitrogen and oxygen atoms in total. The first-order valence-corrected chi connectivity index (χ1v) is 12.1. The van der Waals surface area contributed by atoms with Crippen molar-refractivity contribution in [3.63, 3.8) is 0 Å². The molecule has 168 valence electrons. The Bertz CT molecular complexity index is 1180. The molecule has 0 bridgehead atoms. The van der Waals surface area contributed by atoms with E-state index in [1.807, 2.05) is 24.3 Å². The Balaban J connectivity index is 1.38. The molecule has 5 heteroatoms. The topological polar surface area (TPSA) is 34.1 Å². The molecule has 33 heavy (non-hydrogen) atoms. The fourth-order valence-electron chi connectivity index (χ4n) is 5.71. The van der Waals surface area contributed by atoms with Crippen LogP contribution in [0.15, 0.2) is 77.9 Å². The summed E-state index contributed by atoms with van der Waals surface area (Å²) >= 11 is 6.14. The Hall–Kier alpha value is -2.98. The number of para-hydroxylation sites is 1.